The first-order valence-corrected chi connectivity index (χ1v) is 11.1. The van der Waals surface area contributed by atoms with Crippen molar-refractivity contribution in [3.8, 4) is 11.4 Å². The average molecular weight is 459 g/mol. The van der Waals surface area contributed by atoms with E-state index in [1.807, 2.05) is 59.7 Å². The van der Waals surface area contributed by atoms with E-state index in [1.165, 1.54) is 12.1 Å². The quantitative estimate of drug-likeness (QED) is 0.395. The van der Waals surface area contributed by atoms with Crippen LogP contribution in [0.1, 0.15) is 34.7 Å². The predicted octanol–water partition coefficient (Wildman–Crippen LogP) is 5.51. The second kappa shape index (κ2) is 8.33. The third-order valence-electron chi connectivity index (χ3n) is 6.09. The number of aromatic hydroxyl groups is 1. The maximum atomic E-state index is 14.0. The number of benzene rings is 2. The number of nitrogens with zero attached hydrogens (tertiary/aromatic N) is 3. The summed E-state index contributed by atoms with van der Waals surface area (Å²) >= 11 is 5.75. The molecular formula is C26H23FN4OS. The normalized spacial score (nSPS) is 17.9. The number of hydrogen-bond donors (Lipinski definition) is 2. The molecule has 33 heavy (non-hydrogen) atoms. The number of aromatic nitrogens is 2. The molecule has 166 valence electrons. The van der Waals surface area contributed by atoms with Crippen molar-refractivity contribution in [2.45, 2.75) is 25.9 Å². The van der Waals surface area contributed by atoms with Gasteiger partial charge in [-0.1, -0.05) is 24.3 Å². The summed E-state index contributed by atoms with van der Waals surface area (Å²) in [6.45, 7) is 4.02. The van der Waals surface area contributed by atoms with Gasteiger partial charge in [0.05, 0.1) is 23.5 Å². The van der Waals surface area contributed by atoms with E-state index in [1.54, 1.807) is 24.4 Å². The summed E-state index contributed by atoms with van der Waals surface area (Å²) in [6, 6.07) is 21.1. The highest BCUT2D eigenvalue weighted by molar-refractivity contribution is 7.80. The molecule has 0 spiro atoms. The van der Waals surface area contributed by atoms with Gasteiger partial charge in [-0.25, -0.2) is 4.39 Å². The molecule has 1 aliphatic heterocycles. The molecule has 4 aromatic rings. The largest absolute Gasteiger partial charge is 0.506 e. The summed E-state index contributed by atoms with van der Waals surface area (Å²) < 4.78 is 16.0. The number of thiocarbonyl (C=S) groups is 1. The maximum Gasteiger partial charge on any atom is 0.174 e. The lowest BCUT2D eigenvalue weighted by Crippen LogP contribution is -2.29. The lowest BCUT2D eigenvalue weighted by atomic mass is 9.96. The van der Waals surface area contributed by atoms with Crippen LogP contribution in [0.25, 0.3) is 5.69 Å². The summed E-state index contributed by atoms with van der Waals surface area (Å²) in [5.41, 5.74) is 5.18. The molecule has 2 atom stereocenters. The highest BCUT2D eigenvalue weighted by Gasteiger charge is 2.43. The summed E-state index contributed by atoms with van der Waals surface area (Å²) in [5.74, 6) is -0.139. The Kier molecular flexibility index (Phi) is 5.34. The van der Waals surface area contributed by atoms with Gasteiger partial charge in [0.1, 0.15) is 11.6 Å². The van der Waals surface area contributed by atoms with Crippen LogP contribution in [-0.4, -0.2) is 19.8 Å². The Morgan fingerprint density at radius 3 is 2.52 bits per heavy atom. The van der Waals surface area contributed by atoms with Gasteiger partial charge < -0.3 is 19.9 Å². The van der Waals surface area contributed by atoms with Crippen molar-refractivity contribution in [1.29, 1.82) is 0 Å². The van der Waals surface area contributed by atoms with E-state index < -0.39 is 0 Å². The van der Waals surface area contributed by atoms with Gasteiger partial charge in [-0.2, -0.15) is 0 Å². The summed E-state index contributed by atoms with van der Waals surface area (Å²) in [7, 11) is 0. The van der Waals surface area contributed by atoms with E-state index in [2.05, 4.69) is 16.4 Å². The number of phenols is 1. The second-order valence-electron chi connectivity index (χ2n) is 8.13. The first-order valence-electron chi connectivity index (χ1n) is 10.7. The van der Waals surface area contributed by atoms with Crippen molar-refractivity contribution < 1.29 is 9.50 Å². The highest BCUT2D eigenvalue weighted by Crippen LogP contribution is 2.45. The van der Waals surface area contributed by atoms with Crippen molar-refractivity contribution in [3.63, 3.8) is 0 Å². The van der Waals surface area contributed by atoms with Gasteiger partial charge in [-0.05, 0) is 80.2 Å². The Morgan fingerprint density at radius 2 is 1.79 bits per heavy atom. The Labute approximate surface area is 197 Å². The van der Waals surface area contributed by atoms with E-state index in [-0.39, 0.29) is 23.7 Å². The Hall–Kier alpha value is -3.71. The third-order valence-corrected chi connectivity index (χ3v) is 6.41. The molecule has 2 aromatic carbocycles. The molecule has 2 N–H and O–H groups in total. The molecule has 0 saturated carbocycles. The fourth-order valence-corrected chi connectivity index (χ4v) is 5.04. The molecule has 5 rings (SSSR count). The van der Waals surface area contributed by atoms with Crippen LogP contribution in [0.3, 0.4) is 0 Å². The van der Waals surface area contributed by atoms with E-state index in [0.717, 1.165) is 28.3 Å². The van der Waals surface area contributed by atoms with Crippen LogP contribution in [0, 0.1) is 19.7 Å². The summed E-state index contributed by atoms with van der Waals surface area (Å²) in [5, 5.41) is 14.6. The topological polar surface area (TPSA) is 53.3 Å². The molecule has 0 bridgehead atoms. The third kappa shape index (κ3) is 3.64. The van der Waals surface area contributed by atoms with Crippen molar-refractivity contribution in [1.82, 2.24) is 14.9 Å². The number of halogens is 1. The van der Waals surface area contributed by atoms with Gasteiger partial charge in [0.15, 0.2) is 5.11 Å². The minimum atomic E-state index is -0.285. The Morgan fingerprint density at radius 1 is 1.00 bits per heavy atom. The number of aryl methyl sites for hydroxylation is 1. The minimum absolute atomic E-state index is 0.146. The zero-order valence-electron chi connectivity index (χ0n) is 18.2. The molecule has 5 nitrogen and oxygen atoms in total. The molecule has 1 aliphatic rings. The predicted molar refractivity (Wildman–Crippen MR) is 131 cm³/mol. The molecule has 0 radical (unpaired) electrons. The Bertz CT molecular complexity index is 1340. The minimum Gasteiger partial charge on any atom is -0.506 e. The van der Waals surface area contributed by atoms with E-state index in [9.17, 15) is 9.50 Å². The molecule has 7 heteroatoms. The van der Waals surface area contributed by atoms with Crippen LogP contribution in [0.5, 0.6) is 5.75 Å². The molecule has 1 saturated heterocycles. The lowest BCUT2D eigenvalue weighted by Gasteiger charge is -2.28. The van der Waals surface area contributed by atoms with Crippen LogP contribution >= 0.6 is 12.2 Å². The number of rotatable bonds is 4. The van der Waals surface area contributed by atoms with E-state index >= 15 is 0 Å². The molecule has 1 fully saturated rings. The Balaban J connectivity index is 1.70. The zero-order valence-corrected chi connectivity index (χ0v) is 19.1. The van der Waals surface area contributed by atoms with E-state index in [0.29, 0.717) is 10.8 Å². The zero-order chi connectivity index (χ0) is 23.1. The number of phenolic OH excluding ortho intramolecular Hbond substituents is 1. The van der Waals surface area contributed by atoms with E-state index in [4.69, 9.17) is 12.2 Å². The molecular weight excluding hydrogens is 435 g/mol. The molecule has 0 amide bonds. The molecule has 3 heterocycles. The lowest BCUT2D eigenvalue weighted by molar-refractivity contribution is 0.472. The van der Waals surface area contributed by atoms with Crippen LogP contribution in [-0.2, 0) is 0 Å². The SMILES string of the molecule is Cc1cc([C@H]2[C@H](c3ccccn3)NC(=S)N2c2ccccc2O)c(C)n1-c1cccc(F)c1. The van der Waals surface area contributed by atoms with Gasteiger partial charge in [0.25, 0.3) is 0 Å². The van der Waals surface area contributed by atoms with Gasteiger partial charge in [0.2, 0.25) is 0 Å². The molecule has 0 unspecified atom stereocenters. The number of anilines is 1. The van der Waals surface area contributed by atoms with Crippen LogP contribution < -0.4 is 10.2 Å². The fourth-order valence-electron chi connectivity index (χ4n) is 4.70. The van der Waals surface area contributed by atoms with Crippen molar-refractivity contribution >= 4 is 23.0 Å². The highest BCUT2D eigenvalue weighted by atomic mass is 32.1. The second-order valence-corrected chi connectivity index (χ2v) is 8.51. The van der Waals surface area contributed by atoms with Crippen LogP contribution in [0.4, 0.5) is 10.1 Å². The first kappa shape index (κ1) is 21.2. The molecule has 0 aliphatic carbocycles. The number of pyridine rings is 1. The molecule has 2 aromatic heterocycles. The first-order chi connectivity index (χ1) is 16.0. The van der Waals surface area contributed by atoms with Gasteiger partial charge in [-0.15, -0.1) is 0 Å². The summed E-state index contributed by atoms with van der Waals surface area (Å²) in [6.07, 6.45) is 1.76. The average Bonchev–Trinajstić information content (AvgIpc) is 3.30. The summed E-state index contributed by atoms with van der Waals surface area (Å²) in [4.78, 5) is 6.53. The monoisotopic (exact) mass is 458 g/mol. The number of nitrogens with one attached hydrogen (secondary N) is 1. The van der Waals surface area contributed by atoms with Crippen molar-refractivity contribution in [2.24, 2.45) is 0 Å². The van der Waals surface area contributed by atoms with Crippen LogP contribution in [0.2, 0.25) is 0 Å². The smallest absolute Gasteiger partial charge is 0.174 e. The van der Waals surface area contributed by atoms with Gasteiger partial charge in [-0.3, -0.25) is 4.98 Å². The number of hydrogen-bond acceptors (Lipinski definition) is 3. The van der Waals surface area contributed by atoms with Crippen molar-refractivity contribution in [2.75, 3.05) is 4.90 Å². The maximum absolute atomic E-state index is 14.0. The number of para-hydroxylation sites is 2. The fraction of sp³-hybridized carbons (Fsp3) is 0.154. The van der Waals surface area contributed by atoms with Crippen molar-refractivity contribution in [3.05, 3.63) is 107 Å². The van der Waals surface area contributed by atoms with Gasteiger partial charge in [0, 0.05) is 23.3 Å². The van der Waals surface area contributed by atoms with Gasteiger partial charge >= 0.3 is 0 Å². The van der Waals surface area contributed by atoms with Crippen LogP contribution in [0.15, 0.2) is 79.0 Å². The standard InChI is InChI=1S/C26H23FN4OS/c1-16-14-20(17(2)30(16)19-9-7-8-18(27)15-19)25-24(21-10-5-6-13-28-21)29-26(33)31(25)22-11-3-4-12-23(22)32/h3-15,24-25,32H,1-2H3,(H,29,33)/t24-,25-/m0/s1.